The third-order valence-corrected chi connectivity index (χ3v) is 9.18. The zero-order valence-electron chi connectivity index (χ0n) is 23.0. The molecule has 0 unspecified atom stereocenters. The first-order chi connectivity index (χ1) is 19.8. The van der Waals surface area contributed by atoms with Crippen molar-refractivity contribution in [3.8, 4) is 6.07 Å². The average Bonchev–Trinajstić information content (AvgIpc) is 3.25. The maximum atomic E-state index is 13.6. The first kappa shape index (κ1) is 28.9. The molecule has 0 aliphatic carbocycles. The monoisotopic (exact) mass is 603 g/mol. The molecule has 2 aromatic carbocycles. The number of amides is 1. The van der Waals surface area contributed by atoms with Crippen LogP contribution in [-0.2, 0) is 17.9 Å². The summed E-state index contributed by atoms with van der Waals surface area (Å²) < 4.78 is 2.15. The van der Waals surface area contributed by atoms with Crippen LogP contribution in [0, 0.1) is 18.3 Å². The second kappa shape index (κ2) is 12.5. The van der Waals surface area contributed by atoms with E-state index < -0.39 is 0 Å². The molecule has 41 heavy (non-hydrogen) atoms. The number of carbonyl (C=O) groups excluding carboxylic acids is 1. The number of pyridine rings is 1. The minimum absolute atomic E-state index is 0.0999. The normalized spacial score (nSPS) is 16.5. The molecular formula is C31H30ClN5O2S2. The minimum atomic E-state index is -0.296. The summed E-state index contributed by atoms with van der Waals surface area (Å²) in [5, 5.41) is 10.5. The van der Waals surface area contributed by atoms with Gasteiger partial charge in [0.15, 0.2) is 0 Å². The molecular weight excluding hydrogens is 574 g/mol. The maximum Gasteiger partial charge on any atom is 0.270 e. The highest BCUT2D eigenvalue weighted by molar-refractivity contribution is 8.26. The third kappa shape index (κ3) is 5.78. The van der Waals surface area contributed by atoms with Crippen molar-refractivity contribution >= 4 is 63.4 Å². The minimum Gasteiger partial charge on any atom is -0.368 e. The van der Waals surface area contributed by atoms with E-state index in [0.29, 0.717) is 45.0 Å². The van der Waals surface area contributed by atoms with Gasteiger partial charge in [0.05, 0.1) is 11.4 Å². The van der Waals surface area contributed by atoms with Crippen molar-refractivity contribution in [2.75, 3.05) is 36.0 Å². The molecule has 2 aliphatic rings. The van der Waals surface area contributed by atoms with Gasteiger partial charge in [0.25, 0.3) is 11.5 Å². The van der Waals surface area contributed by atoms with E-state index in [9.17, 15) is 14.9 Å². The smallest absolute Gasteiger partial charge is 0.270 e. The van der Waals surface area contributed by atoms with Gasteiger partial charge in [-0.2, -0.15) is 5.26 Å². The summed E-state index contributed by atoms with van der Waals surface area (Å²) in [6.07, 6.45) is 2.54. The number of aromatic nitrogens is 1. The van der Waals surface area contributed by atoms with E-state index in [1.807, 2.05) is 49.4 Å². The first-order valence-corrected chi connectivity index (χ1v) is 15.2. The zero-order chi connectivity index (χ0) is 29.1. The van der Waals surface area contributed by atoms with E-state index in [1.165, 1.54) is 11.8 Å². The van der Waals surface area contributed by atoms with Crippen LogP contribution in [-0.4, -0.2) is 45.9 Å². The van der Waals surface area contributed by atoms with Crippen molar-refractivity contribution in [2.45, 2.75) is 33.4 Å². The molecule has 2 saturated heterocycles. The van der Waals surface area contributed by atoms with Gasteiger partial charge in [0.2, 0.25) is 0 Å². The predicted octanol–water partition coefficient (Wildman–Crippen LogP) is 5.82. The van der Waals surface area contributed by atoms with Crippen molar-refractivity contribution in [2.24, 2.45) is 0 Å². The lowest BCUT2D eigenvalue weighted by Gasteiger charge is -2.39. The van der Waals surface area contributed by atoms with E-state index in [4.69, 9.17) is 23.8 Å². The van der Waals surface area contributed by atoms with Crippen molar-refractivity contribution < 1.29 is 4.79 Å². The van der Waals surface area contributed by atoms with E-state index in [0.717, 1.165) is 36.6 Å². The van der Waals surface area contributed by atoms with E-state index in [-0.39, 0.29) is 23.6 Å². The van der Waals surface area contributed by atoms with Gasteiger partial charge in [-0.15, -0.1) is 0 Å². The van der Waals surface area contributed by atoms with Gasteiger partial charge in [0, 0.05) is 49.0 Å². The molecule has 0 saturated carbocycles. The summed E-state index contributed by atoms with van der Waals surface area (Å²) in [7, 11) is 0. The van der Waals surface area contributed by atoms with Crippen LogP contribution in [0.4, 0.5) is 11.5 Å². The fourth-order valence-electron chi connectivity index (χ4n) is 5.30. The fraction of sp³-hybridized carbons (Fsp3) is 0.290. The van der Waals surface area contributed by atoms with Gasteiger partial charge in [0.1, 0.15) is 21.8 Å². The number of piperazine rings is 1. The van der Waals surface area contributed by atoms with E-state index >= 15 is 0 Å². The van der Waals surface area contributed by atoms with Crippen molar-refractivity contribution in [1.82, 2.24) is 9.47 Å². The number of carbonyl (C=O) groups is 1. The molecule has 2 aliphatic heterocycles. The lowest BCUT2D eigenvalue weighted by atomic mass is 10.0. The fourth-order valence-corrected chi connectivity index (χ4v) is 6.73. The molecule has 210 valence electrons. The Morgan fingerprint density at radius 2 is 1.68 bits per heavy atom. The molecule has 2 fully saturated rings. The number of nitriles is 1. The highest BCUT2D eigenvalue weighted by Gasteiger charge is 2.34. The number of nitrogens with zero attached hydrogens (tertiary/aromatic N) is 5. The largest absolute Gasteiger partial charge is 0.368 e. The third-order valence-electron chi connectivity index (χ3n) is 7.43. The van der Waals surface area contributed by atoms with Crippen LogP contribution in [0.3, 0.4) is 0 Å². The Morgan fingerprint density at radius 3 is 2.34 bits per heavy atom. The predicted molar refractivity (Wildman–Crippen MR) is 171 cm³/mol. The molecule has 3 aromatic rings. The van der Waals surface area contributed by atoms with E-state index in [2.05, 4.69) is 28.0 Å². The van der Waals surface area contributed by atoms with Gasteiger partial charge in [-0.05, 0) is 48.7 Å². The van der Waals surface area contributed by atoms with Crippen LogP contribution in [0.15, 0.2) is 64.3 Å². The maximum absolute atomic E-state index is 13.6. The molecule has 5 rings (SSSR count). The number of halogens is 1. The van der Waals surface area contributed by atoms with Crippen LogP contribution in [0.5, 0.6) is 0 Å². The summed E-state index contributed by atoms with van der Waals surface area (Å²) in [6.45, 7) is 7.48. The first-order valence-electron chi connectivity index (χ1n) is 13.5. The number of thioether (sulfide) groups is 1. The quantitative estimate of drug-likeness (QED) is 0.249. The summed E-state index contributed by atoms with van der Waals surface area (Å²) >= 11 is 13.2. The summed E-state index contributed by atoms with van der Waals surface area (Å²) in [6, 6.07) is 19.8. The number of anilines is 2. The van der Waals surface area contributed by atoms with Crippen molar-refractivity contribution in [1.29, 1.82) is 5.26 Å². The van der Waals surface area contributed by atoms with Crippen LogP contribution in [0.2, 0.25) is 5.02 Å². The highest BCUT2D eigenvalue weighted by atomic mass is 35.5. The average molecular weight is 604 g/mol. The van der Waals surface area contributed by atoms with Gasteiger partial charge < -0.3 is 9.80 Å². The van der Waals surface area contributed by atoms with Crippen molar-refractivity contribution in [3.05, 3.63) is 97.1 Å². The SMILES string of the molecule is CCCn1c(N2CCN(c3ccccc3)CC2)c(/C=C2/SC(=S)N(Cc3ccccc3Cl)C2=O)c(C)c(C#N)c1=O. The van der Waals surface area contributed by atoms with Crippen molar-refractivity contribution in [3.63, 3.8) is 0 Å². The Hall–Kier alpha value is -3.58. The molecule has 0 radical (unpaired) electrons. The Balaban J connectivity index is 1.54. The van der Waals surface area contributed by atoms with Gasteiger partial charge in [-0.3, -0.25) is 19.1 Å². The van der Waals surface area contributed by atoms with Crippen LogP contribution in [0.25, 0.3) is 6.08 Å². The molecule has 10 heteroatoms. The topological polar surface area (TPSA) is 72.6 Å². The van der Waals surface area contributed by atoms with Crippen LogP contribution >= 0.6 is 35.6 Å². The Kier molecular flexibility index (Phi) is 8.83. The lowest BCUT2D eigenvalue weighted by Crippen LogP contribution is -2.48. The van der Waals surface area contributed by atoms with Gasteiger partial charge in [-0.25, -0.2) is 0 Å². The number of benzene rings is 2. The summed E-state index contributed by atoms with van der Waals surface area (Å²) in [5.74, 6) is 0.531. The number of hydrogen-bond acceptors (Lipinski definition) is 7. The molecule has 0 bridgehead atoms. The molecule has 1 amide bonds. The second-order valence-electron chi connectivity index (χ2n) is 9.97. The number of thiocarbonyl (C=S) groups is 1. The van der Waals surface area contributed by atoms with Gasteiger partial charge in [-0.1, -0.05) is 78.9 Å². The molecule has 3 heterocycles. The standard InChI is InChI=1S/C31H30ClN5O2S2/c1-3-13-36-28(35-16-14-34(15-17-35)23-10-5-4-6-11-23)24(21(2)25(19-33)29(36)38)18-27-30(39)37(31(40)41-27)20-22-9-7-8-12-26(22)32/h4-12,18H,3,13-17,20H2,1-2H3/b27-18+. The number of hydrogen-bond donors (Lipinski definition) is 0. The van der Waals surface area contributed by atoms with Crippen LogP contribution < -0.4 is 15.4 Å². The molecule has 0 spiro atoms. The number of rotatable bonds is 7. The van der Waals surface area contributed by atoms with Gasteiger partial charge >= 0.3 is 0 Å². The Bertz CT molecular complexity index is 1620. The number of para-hydroxylation sites is 1. The highest BCUT2D eigenvalue weighted by Crippen LogP contribution is 2.37. The molecule has 0 N–H and O–H groups in total. The lowest BCUT2D eigenvalue weighted by molar-refractivity contribution is -0.122. The summed E-state index contributed by atoms with van der Waals surface area (Å²) in [4.78, 5) is 33.7. The Morgan fingerprint density at radius 1 is 1.02 bits per heavy atom. The molecule has 7 nitrogen and oxygen atoms in total. The zero-order valence-corrected chi connectivity index (χ0v) is 25.4. The van der Waals surface area contributed by atoms with E-state index in [1.54, 1.807) is 22.5 Å². The van der Waals surface area contributed by atoms with Crippen LogP contribution in [0.1, 0.15) is 35.6 Å². The summed E-state index contributed by atoms with van der Waals surface area (Å²) in [5.41, 5.74) is 3.06. The Labute approximate surface area is 254 Å². The molecule has 0 atom stereocenters. The molecule has 1 aromatic heterocycles. The second-order valence-corrected chi connectivity index (χ2v) is 12.1.